The number of methoxy groups -OCH3 is 6. The highest BCUT2D eigenvalue weighted by molar-refractivity contribution is 8.76. The Hall–Kier alpha value is -8.53. The van der Waals surface area contributed by atoms with Gasteiger partial charge in [0, 0.05) is 120 Å². The molecule has 10 amide bonds. The standard InChI is InChI=1S/C57H98N8O15.C18H29N3O6S2.C11H21NO7.C7H16O4.CH4/c1-16-37(7)50(64(12)55(72)48(35(3)4)62-54(71)49(36(5)6)63(10)11)44(75-13)32-46(68)65-29-21-25-43(65)51(77-15)38(8)52(69)61-42(31-40-23-19-18-20-24-40)53(70)58-27-22-30-78-56(73)39(9)60-45(67)26-28-59-57(74)79-34-47(76-14)80-41(17-2)33-66;1-3-14(12-22)27-17(25-2)13-26-18(24)21-9-7-15(23)19-10-11-28-29-16-6-4-5-8-20-16;1-3-8(6-13)19-10(17-2)7-18-11(16)12-5-4-9(14)15;1-3-6(4-8)11-7(5-9)10-2;/h18-20,23-24,35-39,41-44,47-51,66H,16-17,21-22,25-34H2,1-15H3,(H,58,70)(H,59,74)(H,60,67)(H,61,69)(H,62,71);4-6,8,14,17,22H,3,7,9-13H2,1-2H3,(H,19,23)(H,21,24);8,10,13H,3-7H2,1-2H3,(H,12,16)(H,14,15);6-9H,3-5H2,1-2H3;1H4/t37-,38+,39-,41?,42+,43-,44+,47?,48-,49-,50-,51+;;;;/m0..../s1. The predicted molar refractivity (Wildman–Crippen MR) is 525 cm³/mol. The molecule has 44 nitrogen and oxygen atoms in total. The number of esters is 1. The number of carbonyl (C=O) groups is 12. The first-order valence-electron chi connectivity index (χ1n) is 47.1. The molecule has 8 unspecified atom stereocenters. The second kappa shape index (κ2) is 79.9. The number of nitrogens with zero attached hydrogens (tertiary/aromatic N) is 4. The smallest absolute Gasteiger partial charge is 0.407 e. The van der Waals surface area contributed by atoms with Gasteiger partial charge in [0.05, 0.1) is 113 Å². The highest BCUT2D eigenvalue weighted by Crippen LogP contribution is 2.31. The van der Waals surface area contributed by atoms with Crippen LogP contribution in [0.25, 0.3) is 0 Å². The number of likely N-dealkylation sites (N-methyl/N-ethyl adjacent to an activating group) is 2. The molecule has 1 saturated heterocycles. The number of hydrogen-bond acceptors (Lipinski definition) is 35. The number of benzene rings is 1. The summed E-state index contributed by atoms with van der Waals surface area (Å²) in [4.78, 5) is 162. The lowest BCUT2D eigenvalue weighted by atomic mass is 9.89. The summed E-state index contributed by atoms with van der Waals surface area (Å²) in [6, 6.07) is 10.6. The van der Waals surface area contributed by atoms with Crippen LogP contribution in [-0.2, 0) is 116 Å². The molecule has 1 aliphatic heterocycles. The molecule has 0 saturated carbocycles. The van der Waals surface area contributed by atoms with Crippen molar-refractivity contribution in [3.8, 4) is 0 Å². The maximum atomic E-state index is 14.5. The monoisotopic (exact) mass is 2040 g/mol. The molecular formula is C94H168N12O32S2. The first-order chi connectivity index (χ1) is 66.3. The van der Waals surface area contributed by atoms with Gasteiger partial charge in [-0.05, 0) is 112 Å². The highest BCUT2D eigenvalue weighted by Gasteiger charge is 2.44. The molecule has 0 aliphatic carbocycles. The molecule has 808 valence electrons. The molecule has 0 radical (unpaired) electrons. The lowest BCUT2D eigenvalue weighted by molar-refractivity contribution is -0.181. The Kier molecular flexibility index (Phi) is 76.2. The predicted octanol–water partition coefficient (Wildman–Crippen LogP) is 4.93. The minimum atomic E-state index is -1.01. The molecule has 46 heteroatoms. The average Bonchev–Trinajstić information content (AvgIpc) is 1.16. The fraction of sp³-hybridized carbons (Fsp3) is 0.755. The molecule has 2 aromatic rings. The van der Waals surface area contributed by atoms with E-state index in [9.17, 15) is 62.6 Å². The number of likely N-dealkylation sites (tertiary alicyclic amines) is 1. The van der Waals surface area contributed by atoms with Crippen molar-refractivity contribution in [2.75, 3.05) is 168 Å². The molecule has 18 atom stereocenters. The zero-order valence-electron chi connectivity index (χ0n) is 85.2. The number of alkyl carbamates (subject to hydrolysis) is 3. The first kappa shape index (κ1) is 134. The number of nitrogens with one attached hydrogen (secondary N) is 8. The van der Waals surface area contributed by atoms with Gasteiger partial charge in [-0.25, -0.2) is 24.2 Å². The van der Waals surface area contributed by atoms with E-state index < -0.39 is 134 Å². The minimum Gasteiger partial charge on any atom is -0.481 e. The van der Waals surface area contributed by atoms with E-state index in [0.717, 1.165) is 16.3 Å². The van der Waals surface area contributed by atoms with Crippen molar-refractivity contribution in [1.29, 1.82) is 0 Å². The maximum absolute atomic E-state index is 14.5. The normalized spacial score (nSPS) is 15.9. The molecule has 0 spiro atoms. The summed E-state index contributed by atoms with van der Waals surface area (Å²) in [5, 5.41) is 75.3. The second-order valence-corrected chi connectivity index (χ2v) is 35.6. The van der Waals surface area contributed by atoms with E-state index in [4.69, 9.17) is 91.8 Å². The fourth-order valence-corrected chi connectivity index (χ4v) is 15.5. The fourth-order valence-electron chi connectivity index (χ4n) is 13.7. The Bertz CT molecular complexity index is 3660. The molecule has 1 aromatic heterocycles. The van der Waals surface area contributed by atoms with Crippen molar-refractivity contribution < 1.29 is 154 Å². The molecule has 3 rings (SSSR count). The van der Waals surface area contributed by atoms with E-state index in [1.807, 2.05) is 137 Å². The van der Waals surface area contributed by atoms with E-state index >= 15 is 0 Å². The van der Waals surface area contributed by atoms with Gasteiger partial charge in [-0.1, -0.05) is 137 Å². The van der Waals surface area contributed by atoms with Gasteiger partial charge in [0.2, 0.25) is 41.4 Å². The number of aliphatic hydroxyl groups excluding tert-OH is 5. The van der Waals surface area contributed by atoms with Crippen LogP contribution in [0, 0.1) is 23.7 Å². The quantitative estimate of drug-likeness (QED) is 0.0137. The number of ether oxygens (including phenoxy) is 14. The molecular weight excluding hydrogens is 1870 g/mol. The summed E-state index contributed by atoms with van der Waals surface area (Å²) < 4.78 is 73.5. The Morgan fingerprint density at radius 2 is 1.01 bits per heavy atom. The number of hydrogen-bond donors (Lipinski definition) is 14. The average molecular weight is 2040 g/mol. The van der Waals surface area contributed by atoms with Crippen molar-refractivity contribution in [1.82, 2.24) is 62.2 Å². The van der Waals surface area contributed by atoms with Gasteiger partial charge >= 0.3 is 30.2 Å². The summed E-state index contributed by atoms with van der Waals surface area (Å²) in [6.07, 6.45) is -1.97. The number of pyridine rings is 1. The topological polar surface area (TPSA) is 574 Å². The van der Waals surface area contributed by atoms with E-state index in [2.05, 4.69) is 47.5 Å². The van der Waals surface area contributed by atoms with Crippen LogP contribution in [0.1, 0.15) is 173 Å². The van der Waals surface area contributed by atoms with Crippen molar-refractivity contribution in [2.45, 2.75) is 277 Å². The molecule has 1 fully saturated rings. The van der Waals surface area contributed by atoms with Crippen molar-refractivity contribution in [2.24, 2.45) is 23.7 Å². The number of rotatable bonds is 68. The van der Waals surface area contributed by atoms with Gasteiger partial charge in [0.25, 0.3) is 0 Å². The van der Waals surface area contributed by atoms with E-state index in [1.54, 1.807) is 51.6 Å². The Labute approximate surface area is 835 Å². The number of carboxylic acids is 1. The summed E-state index contributed by atoms with van der Waals surface area (Å²) in [6.45, 7) is 22.1. The Morgan fingerprint density at radius 3 is 1.44 bits per heavy atom. The Balaban J connectivity index is 0. The first-order valence-corrected chi connectivity index (χ1v) is 49.5. The molecule has 1 aromatic carbocycles. The van der Waals surface area contributed by atoms with Crippen molar-refractivity contribution >= 4 is 93.2 Å². The van der Waals surface area contributed by atoms with E-state index in [1.165, 1.54) is 49.6 Å². The number of aliphatic hydroxyl groups is 5. The van der Waals surface area contributed by atoms with Crippen LogP contribution in [-0.4, -0.2) is 388 Å². The summed E-state index contributed by atoms with van der Waals surface area (Å²) in [5.41, 5.74) is 0.798. The maximum Gasteiger partial charge on any atom is 0.407 e. The molecule has 0 bridgehead atoms. The lowest BCUT2D eigenvalue weighted by Crippen LogP contribution is -2.59. The van der Waals surface area contributed by atoms with Crippen LogP contribution in [0.5, 0.6) is 0 Å². The van der Waals surface area contributed by atoms with Gasteiger partial charge in [-0.2, -0.15) is 0 Å². The van der Waals surface area contributed by atoms with Crippen LogP contribution in [0.2, 0.25) is 0 Å². The van der Waals surface area contributed by atoms with Gasteiger partial charge < -0.3 is 149 Å². The third-order valence-corrected chi connectivity index (χ3v) is 24.1. The summed E-state index contributed by atoms with van der Waals surface area (Å²) >= 11 is 0. The lowest BCUT2D eigenvalue weighted by Gasteiger charge is -2.41. The van der Waals surface area contributed by atoms with Gasteiger partial charge in [0.1, 0.15) is 43.0 Å². The summed E-state index contributed by atoms with van der Waals surface area (Å²) in [7, 11) is 17.2. The SMILES string of the molecule is C.CCC(CO)OC(CO)OC.CCC(CO)OC(COC(=O)NCCC(=O)NCCSSc1ccccn1)OC.CCC(CO)OC(COC(=O)NCCC(=O)N[C@@H](C)C(=O)OCCCNC(=O)[C@@H](Cc1ccccc1)NC(=O)[C@H](C)[C@@H](OC)[C@@H]1CCCN1C(=O)C[C@@H](OC)[C@H]([C@@H](C)CC)N(C)C(=O)[C@@H](NC(=O)[C@H](C(C)C)N(C)C)C(C)C)OC.CCC(CO)OC(COC(=O)NCCC(=O)O)OC. The number of amides is 10. The third-order valence-electron chi connectivity index (χ3n) is 21.9. The number of carbonyl (C=O) groups excluding carboxylic acids is 11. The van der Waals surface area contributed by atoms with Gasteiger partial charge in [-0.3, -0.25) is 43.3 Å². The third kappa shape index (κ3) is 56.5. The van der Waals surface area contributed by atoms with Crippen molar-refractivity contribution in [3.63, 3.8) is 0 Å². The molecule has 14 N–H and O–H groups in total. The number of aliphatic carboxylic acids is 1. The van der Waals surface area contributed by atoms with Crippen LogP contribution in [0.4, 0.5) is 14.4 Å². The van der Waals surface area contributed by atoms with E-state index in [0.29, 0.717) is 58.0 Å². The van der Waals surface area contributed by atoms with Gasteiger partial charge in [0.15, 0.2) is 25.2 Å². The zero-order chi connectivity index (χ0) is 105. The van der Waals surface area contributed by atoms with Crippen LogP contribution < -0.4 is 42.5 Å². The van der Waals surface area contributed by atoms with Gasteiger partial charge in [-0.15, -0.1) is 0 Å². The minimum absolute atomic E-state index is 0. The second-order valence-electron chi connectivity index (χ2n) is 33.2. The molecule has 2 heterocycles. The number of carboxylic acid groups (broad SMARTS) is 1. The Morgan fingerprint density at radius 1 is 0.521 bits per heavy atom. The number of aromatic nitrogens is 1. The summed E-state index contributed by atoms with van der Waals surface area (Å²) in [5.74, 6) is -4.43. The largest absolute Gasteiger partial charge is 0.481 e. The van der Waals surface area contributed by atoms with Crippen LogP contribution >= 0.6 is 21.6 Å². The molecule has 1 aliphatic rings. The molecule has 140 heavy (non-hydrogen) atoms. The highest BCUT2D eigenvalue weighted by atomic mass is 33.1. The zero-order valence-corrected chi connectivity index (χ0v) is 86.8. The van der Waals surface area contributed by atoms with Crippen LogP contribution in [0.3, 0.4) is 0 Å². The van der Waals surface area contributed by atoms with Crippen molar-refractivity contribution in [3.05, 3.63) is 60.3 Å². The van der Waals surface area contributed by atoms with E-state index in [-0.39, 0.29) is 191 Å². The van der Waals surface area contributed by atoms with Crippen LogP contribution in [0.15, 0.2) is 59.8 Å².